The van der Waals surface area contributed by atoms with Crippen LogP contribution < -0.4 is 16.2 Å². The molecule has 38 heavy (non-hydrogen) atoms. The van der Waals surface area contributed by atoms with Gasteiger partial charge in [0.05, 0.1) is 17.1 Å². The molecule has 0 amide bonds. The van der Waals surface area contributed by atoms with Crippen molar-refractivity contribution in [1.29, 1.82) is 0 Å². The Bertz CT molecular complexity index is 1250. The van der Waals surface area contributed by atoms with Crippen molar-refractivity contribution in [3.63, 3.8) is 0 Å². The van der Waals surface area contributed by atoms with Crippen molar-refractivity contribution in [2.45, 2.75) is 113 Å². The maximum Gasteiger partial charge on any atom is 0.328 e. The molecular weight excluding hydrogens is 478 g/mol. The van der Waals surface area contributed by atoms with E-state index in [-0.39, 0.29) is 17.4 Å². The molecule has 1 aromatic heterocycles. The monoisotopic (exact) mass is 519 g/mol. The number of aliphatic carboxylic acids is 1. The van der Waals surface area contributed by atoms with Crippen LogP contribution in [0.2, 0.25) is 0 Å². The van der Waals surface area contributed by atoms with Gasteiger partial charge in [-0.05, 0) is 68.9 Å². The average Bonchev–Trinajstić information content (AvgIpc) is 3.05. The molecular formula is C30H41N5O3. The Morgan fingerprint density at radius 2 is 1.55 bits per heavy atom. The summed E-state index contributed by atoms with van der Waals surface area (Å²) in [6.07, 6.45) is 15.5. The number of carbonyl (C=O) groups is 1. The Kier molecular flexibility index (Phi) is 6.23. The average molecular weight is 520 g/mol. The highest BCUT2D eigenvalue weighted by Gasteiger charge is 2.47. The normalized spacial score (nSPS) is 37.4. The third-order valence-electron chi connectivity index (χ3n) is 10.6. The van der Waals surface area contributed by atoms with Gasteiger partial charge in [-0.15, -0.1) is 0 Å². The quantitative estimate of drug-likeness (QED) is 0.631. The van der Waals surface area contributed by atoms with E-state index < -0.39 is 18.1 Å². The van der Waals surface area contributed by atoms with Gasteiger partial charge >= 0.3 is 5.97 Å². The summed E-state index contributed by atoms with van der Waals surface area (Å²) in [5, 5.41) is 9.73. The number of aromatic nitrogens is 2. The van der Waals surface area contributed by atoms with Crippen LogP contribution >= 0.6 is 0 Å². The molecule has 8 nitrogen and oxygen atoms in total. The summed E-state index contributed by atoms with van der Waals surface area (Å²) >= 11 is 0. The molecule has 204 valence electrons. The van der Waals surface area contributed by atoms with E-state index >= 15 is 0 Å². The van der Waals surface area contributed by atoms with Gasteiger partial charge in [0, 0.05) is 30.7 Å². The van der Waals surface area contributed by atoms with Gasteiger partial charge in [-0.1, -0.05) is 44.2 Å². The summed E-state index contributed by atoms with van der Waals surface area (Å²) in [4.78, 5) is 35.2. The fourth-order valence-electron chi connectivity index (χ4n) is 9.07. The van der Waals surface area contributed by atoms with E-state index in [1.54, 1.807) is 4.90 Å². The molecule has 7 atom stereocenters. The maximum absolute atomic E-state index is 14.1. The molecule has 2 aliphatic carbocycles. The number of nitrogens with two attached hydrogens (primary N) is 1. The molecule has 3 unspecified atom stereocenters. The molecule has 3 aliphatic heterocycles. The summed E-state index contributed by atoms with van der Waals surface area (Å²) in [6.45, 7) is 0.339. The zero-order valence-electron chi connectivity index (χ0n) is 22.3. The second-order valence-corrected chi connectivity index (χ2v) is 12.9. The lowest BCUT2D eigenvalue weighted by molar-refractivity contribution is -0.140. The molecule has 5 fully saturated rings. The zero-order chi connectivity index (χ0) is 26.0. The zero-order valence-corrected chi connectivity index (χ0v) is 22.3. The molecule has 2 aromatic rings. The number of fused-ring (bicyclic) bond motifs is 5. The largest absolute Gasteiger partial charge is 0.480 e. The highest BCUT2D eigenvalue weighted by atomic mass is 16.4. The van der Waals surface area contributed by atoms with Crippen molar-refractivity contribution < 1.29 is 9.90 Å². The molecule has 3 saturated heterocycles. The minimum atomic E-state index is -0.999. The molecule has 2 saturated carbocycles. The molecule has 5 aliphatic rings. The van der Waals surface area contributed by atoms with Crippen LogP contribution in [0.4, 0.5) is 5.82 Å². The number of benzene rings is 1. The highest BCUT2D eigenvalue weighted by Crippen LogP contribution is 2.47. The number of rotatable bonds is 4. The first-order valence-electron chi connectivity index (χ1n) is 15.0. The number of para-hydroxylation sites is 2. The predicted octanol–water partition coefficient (Wildman–Crippen LogP) is 3.91. The van der Waals surface area contributed by atoms with E-state index in [2.05, 4.69) is 9.88 Å². The first-order chi connectivity index (χ1) is 18.5. The number of carboxylic acid groups (broad SMARTS) is 1. The molecule has 3 N–H and O–H groups in total. The van der Waals surface area contributed by atoms with Gasteiger partial charge in [-0.25, -0.2) is 9.78 Å². The summed E-state index contributed by atoms with van der Waals surface area (Å²) < 4.78 is 1.98. The van der Waals surface area contributed by atoms with Crippen LogP contribution in [-0.2, 0) is 4.79 Å². The minimum absolute atomic E-state index is 0.102. The lowest BCUT2D eigenvalue weighted by Gasteiger charge is -2.54. The third kappa shape index (κ3) is 4.06. The Morgan fingerprint density at radius 3 is 2.21 bits per heavy atom. The van der Waals surface area contributed by atoms with Crippen LogP contribution in [0.5, 0.6) is 0 Å². The molecule has 8 heteroatoms. The minimum Gasteiger partial charge on any atom is -0.480 e. The summed E-state index contributed by atoms with van der Waals surface area (Å²) in [5.41, 5.74) is 7.46. The summed E-state index contributed by atoms with van der Waals surface area (Å²) in [5.74, 6) is 1.04. The van der Waals surface area contributed by atoms with Crippen LogP contribution in [0.1, 0.15) is 83.1 Å². The Labute approximate surface area is 224 Å². The molecule has 7 rings (SSSR count). The first kappa shape index (κ1) is 24.6. The number of hydrogen-bond acceptors (Lipinski definition) is 6. The second kappa shape index (κ2) is 9.63. The van der Waals surface area contributed by atoms with Crippen LogP contribution in [0, 0.1) is 11.8 Å². The van der Waals surface area contributed by atoms with Gasteiger partial charge in [-0.3, -0.25) is 9.69 Å². The van der Waals surface area contributed by atoms with Gasteiger partial charge in [-0.2, -0.15) is 0 Å². The van der Waals surface area contributed by atoms with E-state index in [0.717, 1.165) is 35.7 Å². The van der Waals surface area contributed by atoms with Crippen molar-refractivity contribution in [3.05, 3.63) is 34.6 Å². The highest BCUT2D eigenvalue weighted by molar-refractivity contribution is 5.83. The van der Waals surface area contributed by atoms with E-state index in [1.165, 1.54) is 64.2 Å². The van der Waals surface area contributed by atoms with Crippen molar-refractivity contribution in [2.75, 3.05) is 11.4 Å². The smallest absolute Gasteiger partial charge is 0.328 e. The van der Waals surface area contributed by atoms with Crippen molar-refractivity contribution >= 4 is 22.8 Å². The Morgan fingerprint density at radius 1 is 0.868 bits per heavy atom. The Balaban J connectivity index is 1.22. The van der Waals surface area contributed by atoms with Crippen LogP contribution in [-0.4, -0.2) is 62.3 Å². The molecule has 0 radical (unpaired) electrons. The first-order valence-corrected chi connectivity index (χ1v) is 15.0. The van der Waals surface area contributed by atoms with Gasteiger partial charge in [0.2, 0.25) is 0 Å². The van der Waals surface area contributed by atoms with E-state index in [1.807, 2.05) is 28.8 Å². The van der Waals surface area contributed by atoms with Gasteiger partial charge < -0.3 is 20.3 Å². The number of carboxylic acids is 1. The van der Waals surface area contributed by atoms with E-state index in [4.69, 9.17) is 5.73 Å². The van der Waals surface area contributed by atoms with Crippen LogP contribution in [0.25, 0.3) is 11.0 Å². The molecule has 4 heterocycles. The number of piperidine rings is 2. The third-order valence-corrected chi connectivity index (χ3v) is 10.6. The summed E-state index contributed by atoms with van der Waals surface area (Å²) in [7, 11) is 0. The maximum atomic E-state index is 14.1. The fourth-order valence-corrected chi connectivity index (χ4v) is 9.07. The molecule has 0 spiro atoms. The molecule has 4 bridgehead atoms. The van der Waals surface area contributed by atoms with Crippen molar-refractivity contribution in [1.82, 2.24) is 14.5 Å². The molecule has 1 aromatic carbocycles. The van der Waals surface area contributed by atoms with E-state index in [0.29, 0.717) is 24.7 Å². The number of anilines is 1. The van der Waals surface area contributed by atoms with Gasteiger partial charge in [0.1, 0.15) is 6.04 Å². The van der Waals surface area contributed by atoms with Crippen LogP contribution in [0.3, 0.4) is 0 Å². The van der Waals surface area contributed by atoms with Gasteiger partial charge in [0.25, 0.3) is 5.56 Å². The fraction of sp³-hybridized carbons (Fsp3) is 0.700. The topological polar surface area (TPSA) is 105 Å². The number of hydrogen-bond donors (Lipinski definition) is 2. The predicted molar refractivity (Wildman–Crippen MR) is 147 cm³/mol. The van der Waals surface area contributed by atoms with E-state index in [9.17, 15) is 14.7 Å². The van der Waals surface area contributed by atoms with Crippen LogP contribution in [0.15, 0.2) is 29.1 Å². The lowest BCUT2D eigenvalue weighted by atomic mass is 9.73. The number of nitrogens with zero attached hydrogens (tertiary/aromatic N) is 4. The standard InChI is InChI=1S/C30H41N5O3/c31-24-17-33(27(24)30(37)38)28-29(36)35(26-11-4-3-10-25(26)32-28)23-15-20-8-5-9-21(16-23)34(20)22-13-18-6-1-2-7-19(12-18)14-22/h3-4,10-11,18-24,27H,1-2,5-9,12-17,31H2,(H,37,38)/t18?,19?,20-,21+,22?,23?,24-,27+/m1/s1. The lowest BCUT2D eigenvalue weighted by Crippen LogP contribution is -2.69. The Hall–Kier alpha value is -2.45. The SMILES string of the molecule is N[C@@H]1CN(c2nc3ccccc3n(C3C[C@H]4CCC[C@@H](C3)N4C3CC4CCCCC(C4)C3)c2=O)[C@@H]1C(=O)O. The second-order valence-electron chi connectivity index (χ2n) is 12.9. The van der Waals surface area contributed by atoms with Crippen molar-refractivity contribution in [2.24, 2.45) is 17.6 Å². The summed E-state index contributed by atoms with van der Waals surface area (Å²) in [6, 6.07) is 8.29. The van der Waals surface area contributed by atoms with Crippen molar-refractivity contribution in [3.8, 4) is 0 Å². The van der Waals surface area contributed by atoms with Gasteiger partial charge in [0.15, 0.2) is 5.82 Å².